The van der Waals surface area contributed by atoms with Gasteiger partial charge in [-0.05, 0) is 42.8 Å². The molecule has 5 nitrogen and oxygen atoms in total. The fourth-order valence-electron chi connectivity index (χ4n) is 2.67. The zero-order valence-corrected chi connectivity index (χ0v) is 15.5. The number of sulfonamides is 1. The first-order valence-electron chi connectivity index (χ1n) is 8.28. The maximum atomic E-state index is 13.3. The van der Waals surface area contributed by atoms with Crippen LogP contribution in [-0.4, -0.2) is 13.5 Å². The number of aryl methyl sites for hydroxylation is 1. The molecule has 0 saturated carbocycles. The number of phenolic OH excluding ortho intramolecular Hbond substituents is 1. The Hall–Kier alpha value is -3.30. The monoisotopic (exact) mass is 378 g/mol. The van der Waals surface area contributed by atoms with E-state index < -0.39 is 10.0 Å². The van der Waals surface area contributed by atoms with Crippen LogP contribution in [0.1, 0.15) is 16.7 Å². The topological polar surface area (TPSA) is 81.4 Å². The summed E-state index contributed by atoms with van der Waals surface area (Å²) in [4.78, 5) is 0.163. The smallest absolute Gasteiger partial charge is 0.264 e. The number of rotatable bonds is 5. The lowest BCUT2D eigenvalue weighted by Crippen LogP contribution is -2.30. The second-order valence-corrected chi connectivity index (χ2v) is 7.99. The fourth-order valence-corrected chi connectivity index (χ4v) is 4.12. The van der Waals surface area contributed by atoms with Crippen molar-refractivity contribution in [2.24, 2.45) is 0 Å². The third-order valence-corrected chi connectivity index (χ3v) is 5.95. The fraction of sp³-hybridized carbons (Fsp3) is 0.0952. The van der Waals surface area contributed by atoms with Crippen LogP contribution in [-0.2, 0) is 16.6 Å². The van der Waals surface area contributed by atoms with Crippen LogP contribution in [0.15, 0.2) is 77.7 Å². The second-order valence-electron chi connectivity index (χ2n) is 6.12. The van der Waals surface area contributed by atoms with Crippen molar-refractivity contribution in [3.63, 3.8) is 0 Å². The molecule has 27 heavy (non-hydrogen) atoms. The van der Waals surface area contributed by atoms with Crippen molar-refractivity contribution in [3.8, 4) is 11.8 Å². The van der Waals surface area contributed by atoms with Crippen molar-refractivity contribution in [1.82, 2.24) is 0 Å². The molecule has 0 heterocycles. The Labute approximate surface area is 158 Å². The molecule has 3 aromatic rings. The number of nitriles is 1. The van der Waals surface area contributed by atoms with Crippen LogP contribution in [0.5, 0.6) is 5.75 Å². The number of anilines is 1. The lowest BCUT2D eigenvalue weighted by atomic mass is 10.2. The van der Waals surface area contributed by atoms with Gasteiger partial charge >= 0.3 is 0 Å². The number of aromatic hydroxyl groups is 1. The average Bonchev–Trinajstić information content (AvgIpc) is 2.68. The Balaban J connectivity index is 2.12. The highest BCUT2D eigenvalue weighted by Gasteiger charge is 2.26. The zero-order chi connectivity index (χ0) is 19.4. The molecule has 0 spiro atoms. The van der Waals surface area contributed by atoms with E-state index >= 15 is 0 Å². The summed E-state index contributed by atoms with van der Waals surface area (Å²) in [5, 5.41) is 19.0. The molecule has 0 aliphatic carbocycles. The van der Waals surface area contributed by atoms with Crippen LogP contribution in [0.25, 0.3) is 0 Å². The Kier molecular flexibility index (Phi) is 5.15. The molecule has 1 N–H and O–H groups in total. The van der Waals surface area contributed by atoms with Gasteiger partial charge in [0.2, 0.25) is 0 Å². The Morgan fingerprint density at radius 3 is 2.30 bits per heavy atom. The number of hydrogen-bond donors (Lipinski definition) is 1. The van der Waals surface area contributed by atoms with Gasteiger partial charge in [-0.2, -0.15) is 5.26 Å². The van der Waals surface area contributed by atoms with Crippen LogP contribution >= 0.6 is 0 Å². The molecule has 3 aromatic carbocycles. The molecule has 0 aromatic heterocycles. The van der Waals surface area contributed by atoms with E-state index in [1.807, 2.05) is 43.3 Å². The molecule has 0 aliphatic rings. The molecule has 0 radical (unpaired) electrons. The van der Waals surface area contributed by atoms with Crippen molar-refractivity contribution in [2.45, 2.75) is 18.4 Å². The third kappa shape index (κ3) is 3.94. The number of nitrogens with zero attached hydrogens (tertiary/aromatic N) is 2. The van der Waals surface area contributed by atoms with Crippen LogP contribution in [0.3, 0.4) is 0 Å². The molecule has 0 saturated heterocycles. The molecule has 6 heteroatoms. The van der Waals surface area contributed by atoms with E-state index in [0.717, 1.165) is 11.1 Å². The van der Waals surface area contributed by atoms with Crippen LogP contribution in [0, 0.1) is 18.3 Å². The summed E-state index contributed by atoms with van der Waals surface area (Å²) in [6.07, 6.45) is 0. The van der Waals surface area contributed by atoms with Crippen molar-refractivity contribution in [2.75, 3.05) is 4.31 Å². The second kappa shape index (κ2) is 7.52. The Morgan fingerprint density at radius 1 is 1.00 bits per heavy atom. The van der Waals surface area contributed by atoms with Gasteiger partial charge in [-0.15, -0.1) is 0 Å². The first-order valence-corrected chi connectivity index (χ1v) is 9.72. The van der Waals surface area contributed by atoms with Crippen molar-refractivity contribution in [1.29, 1.82) is 5.26 Å². The zero-order valence-electron chi connectivity index (χ0n) is 14.7. The third-order valence-electron chi connectivity index (χ3n) is 4.17. The van der Waals surface area contributed by atoms with Gasteiger partial charge in [-0.1, -0.05) is 48.0 Å². The molecule has 136 valence electrons. The predicted octanol–water partition coefficient (Wildman–Crippen LogP) is 3.97. The van der Waals surface area contributed by atoms with E-state index in [2.05, 4.69) is 0 Å². The number of benzene rings is 3. The highest BCUT2D eigenvalue weighted by atomic mass is 32.2. The Bertz CT molecular complexity index is 1090. The van der Waals surface area contributed by atoms with E-state index in [1.54, 1.807) is 24.3 Å². The molecule has 0 atom stereocenters. The molecule has 0 fully saturated rings. The van der Waals surface area contributed by atoms with E-state index in [9.17, 15) is 18.8 Å². The van der Waals surface area contributed by atoms with Gasteiger partial charge in [0.05, 0.1) is 22.7 Å². The van der Waals surface area contributed by atoms with Crippen LogP contribution < -0.4 is 4.31 Å². The largest absolute Gasteiger partial charge is 0.507 e. The summed E-state index contributed by atoms with van der Waals surface area (Å²) in [7, 11) is -3.86. The molecule has 0 unspecified atom stereocenters. The van der Waals surface area contributed by atoms with Crippen LogP contribution in [0.2, 0.25) is 0 Å². The van der Waals surface area contributed by atoms with Crippen molar-refractivity contribution in [3.05, 3.63) is 89.5 Å². The maximum Gasteiger partial charge on any atom is 0.264 e. The molecule has 0 bridgehead atoms. The highest BCUT2D eigenvalue weighted by Crippen LogP contribution is 2.29. The summed E-state index contributed by atoms with van der Waals surface area (Å²) in [6.45, 7) is 1.99. The van der Waals surface area contributed by atoms with Gasteiger partial charge in [0.25, 0.3) is 10.0 Å². The van der Waals surface area contributed by atoms with Gasteiger partial charge in [0.1, 0.15) is 11.8 Å². The van der Waals surface area contributed by atoms with E-state index in [4.69, 9.17) is 0 Å². The minimum Gasteiger partial charge on any atom is -0.507 e. The molecule has 3 rings (SSSR count). The maximum absolute atomic E-state index is 13.3. The summed E-state index contributed by atoms with van der Waals surface area (Å²) in [5.74, 6) is -0.186. The van der Waals surface area contributed by atoms with Gasteiger partial charge < -0.3 is 5.11 Å². The van der Waals surface area contributed by atoms with E-state index in [0.29, 0.717) is 5.69 Å². The lowest BCUT2D eigenvalue weighted by molar-refractivity contribution is 0.473. The summed E-state index contributed by atoms with van der Waals surface area (Å²) >= 11 is 0. The standard InChI is InChI=1S/C21H18N2O3S/c1-16-7-10-20(11-8-16)27(25,26)23(15-17-5-3-2-4-6-17)19-9-12-21(24)18(13-19)14-22/h2-13,24H,15H2,1H3. The normalized spacial score (nSPS) is 11.0. The SMILES string of the molecule is Cc1ccc(S(=O)(=O)N(Cc2ccccc2)c2ccc(O)c(C#N)c2)cc1. The van der Waals surface area contributed by atoms with Gasteiger partial charge in [-0.25, -0.2) is 8.42 Å². The number of phenols is 1. The van der Waals surface area contributed by atoms with Gasteiger partial charge in [0, 0.05) is 0 Å². The predicted molar refractivity (Wildman–Crippen MR) is 104 cm³/mol. The van der Waals surface area contributed by atoms with Crippen molar-refractivity contribution < 1.29 is 13.5 Å². The van der Waals surface area contributed by atoms with Gasteiger partial charge in [0.15, 0.2) is 0 Å². The average molecular weight is 378 g/mol. The van der Waals surface area contributed by atoms with E-state index in [-0.39, 0.29) is 22.8 Å². The van der Waals surface area contributed by atoms with Gasteiger partial charge in [-0.3, -0.25) is 4.31 Å². The summed E-state index contributed by atoms with van der Waals surface area (Å²) in [6, 6.07) is 21.9. The van der Waals surface area contributed by atoms with Crippen LogP contribution in [0.4, 0.5) is 5.69 Å². The molecule has 0 amide bonds. The quantitative estimate of drug-likeness (QED) is 0.728. The molecular formula is C21H18N2O3S. The summed E-state index contributed by atoms with van der Waals surface area (Å²) in [5.41, 5.74) is 2.10. The summed E-state index contributed by atoms with van der Waals surface area (Å²) < 4.78 is 27.9. The first kappa shape index (κ1) is 18.5. The molecular weight excluding hydrogens is 360 g/mol. The first-order chi connectivity index (χ1) is 12.9. The minimum atomic E-state index is -3.86. The highest BCUT2D eigenvalue weighted by molar-refractivity contribution is 7.92. The lowest BCUT2D eigenvalue weighted by Gasteiger charge is -2.25. The van der Waals surface area contributed by atoms with E-state index in [1.165, 1.54) is 22.5 Å². The minimum absolute atomic E-state index is 0.0182. The molecule has 0 aliphatic heterocycles. The number of hydrogen-bond acceptors (Lipinski definition) is 4. The van der Waals surface area contributed by atoms with Crippen molar-refractivity contribution >= 4 is 15.7 Å². The Morgan fingerprint density at radius 2 is 1.67 bits per heavy atom.